The van der Waals surface area contributed by atoms with Gasteiger partial charge in [0.15, 0.2) is 0 Å². The molecule has 2 atom stereocenters. The van der Waals surface area contributed by atoms with Gasteiger partial charge in [-0.1, -0.05) is 18.2 Å². The third-order valence-corrected chi connectivity index (χ3v) is 6.94. The lowest BCUT2D eigenvalue weighted by Gasteiger charge is -2.35. The van der Waals surface area contributed by atoms with Gasteiger partial charge in [0.2, 0.25) is 15.9 Å². The highest BCUT2D eigenvalue weighted by Crippen LogP contribution is 2.32. The molecule has 7 nitrogen and oxygen atoms in total. The van der Waals surface area contributed by atoms with Crippen LogP contribution in [0.15, 0.2) is 53.4 Å². The lowest BCUT2D eigenvalue weighted by Crippen LogP contribution is -2.54. The zero-order chi connectivity index (χ0) is 25.3. The molecule has 1 amide bonds. The lowest BCUT2D eigenvalue weighted by molar-refractivity contribution is -0.137. The monoisotopic (exact) mass is 535 g/mol. The van der Waals surface area contributed by atoms with Crippen LogP contribution < -0.4 is 15.2 Å². The normalized spacial score (nSPS) is 18.0. The molecule has 1 fully saturated rings. The summed E-state index contributed by atoms with van der Waals surface area (Å²) in [6.45, 7) is 6.25. The van der Waals surface area contributed by atoms with Gasteiger partial charge in [-0.15, -0.1) is 12.4 Å². The number of carbonyl (C=O) groups excluding carboxylic acids is 1. The number of likely N-dealkylation sites (tertiary alicyclic amines) is 1. The Kier molecular flexibility index (Phi) is 8.86. The van der Waals surface area contributed by atoms with Gasteiger partial charge in [0.1, 0.15) is 11.9 Å². The molecule has 1 aliphatic heterocycles. The number of amides is 1. The molecule has 3 rings (SSSR count). The van der Waals surface area contributed by atoms with Crippen LogP contribution in [0.25, 0.3) is 0 Å². The molecular weight excluding hydrogens is 507 g/mol. The summed E-state index contributed by atoms with van der Waals surface area (Å²) in [4.78, 5) is 15.0. The fourth-order valence-corrected chi connectivity index (χ4v) is 4.33. The number of hydrogen-bond donors (Lipinski definition) is 2. The SMILES string of the molecule is C[C@H](NC(=O)C(C)(C)N1CC[C@@H](Oc2cccc(C(F)(F)F)c2)C1)c1ccc(S(N)(=O)=O)cc1.Cl. The minimum Gasteiger partial charge on any atom is -0.489 e. The van der Waals surface area contributed by atoms with Gasteiger partial charge in [-0.25, -0.2) is 13.6 Å². The van der Waals surface area contributed by atoms with Crippen molar-refractivity contribution in [3.63, 3.8) is 0 Å². The van der Waals surface area contributed by atoms with Crippen LogP contribution in [0.4, 0.5) is 13.2 Å². The fraction of sp³-hybridized carbons (Fsp3) is 0.435. The molecule has 1 saturated heterocycles. The number of nitrogens with zero attached hydrogens (tertiary/aromatic N) is 1. The van der Waals surface area contributed by atoms with Crippen molar-refractivity contribution in [2.24, 2.45) is 5.14 Å². The van der Waals surface area contributed by atoms with Crippen LogP contribution in [-0.4, -0.2) is 44.0 Å². The van der Waals surface area contributed by atoms with Crippen molar-refractivity contribution in [2.75, 3.05) is 13.1 Å². The Hall–Kier alpha value is -2.34. The minimum atomic E-state index is -4.45. The first kappa shape index (κ1) is 28.9. The van der Waals surface area contributed by atoms with Crippen LogP contribution >= 0.6 is 12.4 Å². The number of nitrogens with two attached hydrogens (primary N) is 1. The second-order valence-corrected chi connectivity index (χ2v) is 10.4. The zero-order valence-corrected chi connectivity index (χ0v) is 21.1. The summed E-state index contributed by atoms with van der Waals surface area (Å²) in [6, 6.07) is 10.3. The third-order valence-electron chi connectivity index (χ3n) is 6.01. The number of alkyl halides is 3. The van der Waals surface area contributed by atoms with Crippen LogP contribution in [0, 0.1) is 0 Å². The standard InChI is InChI=1S/C23H28F3N3O4S.ClH/c1-15(16-7-9-20(10-8-16)34(27,31)32)28-21(30)22(2,3)29-12-11-19(14-29)33-18-6-4-5-17(13-18)23(24,25)26;/h4-10,13,15,19H,11-12,14H2,1-3H3,(H,28,30)(H2,27,31,32);1H/t15-,19+;/m0./s1. The molecule has 3 N–H and O–H groups in total. The van der Waals surface area contributed by atoms with Gasteiger partial charge in [-0.2, -0.15) is 13.2 Å². The Morgan fingerprint density at radius 3 is 2.37 bits per heavy atom. The van der Waals surface area contributed by atoms with E-state index in [-0.39, 0.29) is 41.1 Å². The molecule has 194 valence electrons. The molecule has 2 aromatic rings. The predicted octanol–water partition coefficient (Wildman–Crippen LogP) is 3.88. The molecule has 35 heavy (non-hydrogen) atoms. The number of sulfonamides is 1. The van der Waals surface area contributed by atoms with E-state index in [1.165, 1.54) is 24.3 Å². The van der Waals surface area contributed by atoms with E-state index in [4.69, 9.17) is 9.88 Å². The molecule has 0 aliphatic carbocycles. The number of hydrogen-bond acceptors (Lipinski definition) is 5. The van der Waals surface area contributed by atoms with Crippen LogP contribution in [-0.2, 0) is 21.0 Å². The Bertz CT molecular complexity index is 1140. The van der Waals surface area contributed by atoms with E-state index >= 15 is 0 Å². The Balaban J connectivity index is 0.00000432. The summed E-state index contributed by atoms with van der Waals surface area (Å²) in [6.07, 6.45) is -4.23. The highest BCUT2D eigenvalue weighted by molar-refractivity contribution is 7.89. The molecule has 1 aliphatic rings. The molecule has 0 spiro atoms. The van der Waals surface area contributed by atoms with E-state index in [9.17, 15) is 26.4 Å². The van der Waals surface area contributed by atoms with Gasteiger partial charge >= 0.3 is 6.18 Å². The van der Waals surface area contributed by atoms with E-state index in [0.29, 0.717) is 25.1 Å². The quantitative estimate of drug-likeness (QED) is 0.560. The summed E-state index contributed by atoms with van der Waals surface area (Å²) in [5, 5.41) is 8.05. The van der Waals surface area contributed by atoms with Crippen molar-refractivity contribution >= 4 is 28.3 Å². The summed E-state index contributed by atoms with van der Waals surface area (Å²) in [5.41, 5.74) is -0.963. The van der Waals surface area contributed by atoms with E-state index in [1.807, 2.05) is 4.90 Å². The van der Waals surface area contributed by atoms with Crippen molar-refractivity contribution in [1.29, 1.82) is 0 Å². The first-order valence-electron chi connectivity index (χ1n) is 10.7. The number of rotatable bonds is 7. The van der Waals surface area contributed by atoms with E-state index in [1.54, 1.807) is 32.9 Å². The molecule has 1 heterocycles. The van der Waals surface area contributed by atoms with Crippen LogP contribution in [0.5, 0.6) is 5.75 Å². The van der Waals surface area contributed by atoms with Gasteiger partial charge in [0, 0.05) is 13.1 Å². The number of carbonyl (C=O) groups is 1. The van der Waals surface area contributed by atoms with Gasteiger partial charge in [0.25, 0.3) is 0 Å². The first-order valence-corrected chi connectivity index (χ1v) is 12.3. The predicted molar refractivity (Wildman–Crippen MR) is 128 cm³/mol. The Morgan fingerprint density at radius 2 is 1.80 bits per heavy atom. The number of benzene rings is 2. The van der Waals surface area contributed by atoms with Gasteiger partial charge in [-0.05, 0) is 63.1 Å². The highest BCUT2D eigenvalue weighted by Gasteiger charge is 2.40. The summed E-state index contributed by atoms with van der Waals surface area (Å²) in [5.74, 6) is -0.101. The Morgan fingerprint density at radius 1 is 1.17 bits per heavy atom. The maximum Gasteiger partial charge on any atom is 0.416 e. The number of primary sulfonamides is 1. The minimum absolute atomic E-state index is 0. The maximum absolute atomic E-state index is 13.0. The molecule has 0 saturated carbocycles. The summed E-state index contributed by atoms with van der Waals surface area (Å²) >= 11 is 0. The fourth-order valence-electron chi connectivity index (χ4n) is 3.82. The smallest absolute Gasteiger partial charge is 0.416 e. The average Bonchev–Trinajstić information content (AvgIpc) is 3.22. The third kappa shape index (κ3) is 7.09. The van der Waals surface area contributed by atoms with Crippen molar-refractivity contribution in [1.82, 2.24) is 10.2 Å². The molecule has 0 bridgehead atoms. The number of ether oxygens (including phenoxy) is 1. The molecular formula is C23H29ClF3N3O4S. The van der Waals surface area contributed by atoms with E-state index in [0.717, 1.165) is 12.1 Å². The van der Waals surface area contributed by atoms with Crippen molar-refractivity contribution < 1.29 is 31.1 Å². The number of nitrogens with one attached hydrogen (secondary N) is 1. The summed E-state index contributed by atoms with van der Waals surface area (Å²) in [7, 11) is -3.80. The van der Waals surface area contributed by atoms with E-state index in [2.05, 4.69) is 5.32 Å². The van der Waals surface area contributed by atoms with Crippen molar-refractivity contribution in [2.45, 2.75) is 55.9 Å². The summed E-state index contributed by atoms with van der Waals surface area (Å²) < 4.78 is 67.4. The lowest BCUT2D eigenvalue weighted by atomic mass is 10.0. The van der Waals surface area contributed by atoms with Gasteiger partial charge in [-0.3, -0.25) is 9.69 Å². The second kappa shape index (κ2) is 10.7. The zero-order valence-electron chi connectivity index (χ0n) is 19.5. The van der Waals surface area contributed by atoms with Gasteiger partial charge < -0.3 is 10.1 Å². The second-order valence-electron chi connectivity index (χ2n) is 8.87. The number of halogens is 4. The molecule has 2 aromatic carbocycles. The van der Waals surface area contributed by atoms with Gasteiger partial charge in [0.05, 0.1) is 22.0 Å². The Labute approximate surface area is 209 Å². The first-order chi connectivity index (χ1) is 15.7. The highest BCUT2D eigenvalue weighted by atomic mass is 35.5. The largest absolute Gasteiger partial charge is 0.489 e. The van der Waals surface area contributed by atoms with Crippen LogP contribution in [0.1, 0.15) is 44.4 Å². The van der Waals surface area contributed by atoms with Crippen LogP contribution in [0.3, 0.4) is 0 Å². The molecule has 0 unspecified atom stereocenters. The maximum atomic E-state index is 13.0. The molecule has 12 heteroatoms. The van der Waals surface area contributed by atoms with Crippen molar-refractivity contribution in [3.8, 4) is 5.75 Å². The van der Waals surface area contributed by atoms with E-state index < -0.39 is 27.3 Å². The van der Waals surface area contributed by atoms with Crippen molar-refractivity contribution in [3.05, 3.63) is 59.7 Å². The average molecular weight is 536 g/mol. The topological polar surface area (TPSA) is 102 Å². The van der Waals surface area contributed by atoms with Crippen LogP contribution in [0.2, 0.25) is 0 Å². The molecule has 0 radical (unpaired) electrons. The molecule has 0 aromatic heterocycles.